The Morgan fingerprint density at radius 3 is 2.56 bits per heavy atom. The van der Waals surface area contributed by atoms with E-state index in [2.05, 4.69) is 10.2 Å². The van der Waals surface area contributed by atoms with Gasteiger partial charge in [0.05, 0.1) is 0 Å². The van der Waals surface area contributed by atoms with Crippen molar-refractivity contribution < 1.29 is 9.53 Å². The minimum Gasteiger partial charge on any atom is -0.444 e. The Morgan fingerprint density at radius 1 is 1.44 bits per heavy atom. The molecule has 1 N–H and O–H groups in total. The number of halogens is 2. The SMILES string of the molecule is CC(C)(C)OC(=O)NC1CCN(C(CCl)CCl)C1. The molecule has 6 heteroatoms. The summed E-state index contributed by atoms with van der Waals surface area (Å²) in [6, 6.07) is 0.299. The standard InChI is InChI=1S/C12H22Cl2N2O2/c1-12(2,3)18-11(17)15-9-4-5-16(8-9)10(6-13)7-14/h9-10H,4-8H2,1-3H3,(H,15,17). The van der Waals surface area contributed by atoms with Crippen LogP contribution in [0, 0.1) is 0 Å². The lowest BCUT2D eigenvalue weighted by atomic mass is 10.2. The number of nitrogens with zero attached hydrogens (tertiary/aromatic N) is 1. The van der Waals surface area contributed by atoms with E-state index < -0.39 is 5.60 Å². The van der Waals surface area contributed by atoms with Crippen LogP contribution in [0.5, 0.6) is 0 Å². The smallest absolute Gasteiger partial charge is 0.407 e. The van der Waals surface area contributed by atoms with Gasteiger partial charge in [0.25, 0.3) is 0 Å². The molecule has 0 aromatic rings. The molecule has 1 atom stereocenters. The molecule has 0 aromatic carbocycles. The van der Waals surface area contributed by atoms with Crippen LogP contribution in [0.25, 0.3) is 0 Å². The fourth-order valence-electron chi connectivity index (χ4n) is 1.95. The number of amides is 1. The Labute approximate surface area is 119 Å². The van der Waals surface area contributed by atoms with E-state index in [1.807, 2.05) is 20.8 Å². The van der Waals surface area contributed by atoms with E-state index in [0.717, 1.165) is 19.5 Å². The van der Waals surface area contributed by atoms with Crippen molar-refractivity contribution in [2.75, 3.05) is 24.8 Å². The average Bonchev–Trinajstić information content (AvgIpc) is 2.65. The van der Waals surface area contributed by atoms with E-state index in [0.29, 0.717) is 11.8 Å². The first-order valence-electron chi connectivity index (χ1n) is 6.21. The summed E-state index contributed by atoms with van der Waals surface area (Å²) in [6.07, 6.45) is 0.548. The highest BCUT2D eigenvalue weighted by atomic mass is 35.5. The van der Waals surface area contributed by atoms with Crippen molar-refractivity contribution in [1.29, 1.82) is 0 Å². The number of alkyl halides is 2. The third kappa shape index (κ3) is 5.21. The summed E-state index contributed by atoms with van der Waals surface area (Å²) in [5.41, 5.74) is -0.461. The Morgan fingerprint density at radius 2 is 2.06 bits per heavy atom. The van der Waals surface area contributed by atoms with Crippen molar-refractivity contribution in [1.82, 2.24) is 10.2 Å². The molecule has 1 unspecified atom stereocenters. The first-order valence-corrected chi connectivity index (χ1v) is 7.28. The Hall–Kier alpha value is -0.190. The van der Waals surface area contributed by atoms with Gasteiger partial charge >= 0.3 is 6.09 Å². The topological polar surface area (TPSA) is 41.6 Å². The highest BCUT2D eigenvalue weighted by molar-refractivity contribution is 6.21. The second-order valence-corrected chi connectivity index (χ2v) is 6.21. The van der Waals surface area contributed by atoms with Gasteiger partial charge in [-0.25, -0.2) is 4.79 Å². The summed E-state index contributed by atoms with van der Waals surface area (Å²) >= 11 is 11.7. The van der Waals surface area contributed by atoms with Gasteiger partial charge in [-0.15, -0.1) is 23.2 Å². The number of carbonyl (C=O) groups excluding carboxylic acids is 1. The molecule has 106 valence electrons. The Balaban J connectivity index is 2.36. The van der Waals surface area contributed by atoms with Gasteiger partial charge in [0.1, 0.15) is 5.60 Å². The first kappa shape index (κ1) is 15.9. The molecule has 1 amide bonds. The van der Waals surface area contributed by atoms with Crippen molar-refractivity contribution in [2.45, 2.75) is 44.9 Å². The molecular formula is C12H22Cl2N2O2. The molecule has 0 spiro atoms. The molecular weight excluding hydrogens is 275 g/mol. The van der Waals surface area contributed by atoms with Crippen molar-refractivity contribution in [2.24, 2.45) is 0 Å². The third-order valence-corrected chi connectivity index (χ3v) is 3.53. The van der Waals surface area contributed by atoms with E-state index >= 15 is 0 Å². The zero-order valence-electron chi connectivity index (χ0n) is 11.2. The van der Waals surface area contributed by atoms with Crippen LogP contribution in [0.3, 0.4) is 0 Å². The van der Waals surface area contributed by atoms with Gasteiger partial charge in [-0.2, -0.15) is 0 Å². The van der Waals surface area contributed by atoms with Gasteiger partial charge in [0.2, 0.25) is 0 Å². The summed E-state index contributed by atoms with van der Waals surface area (Å²) in [7, 11) is 0. The lowest BCUT2D eigenvalue weighted by Crippen LogP contribution is -2.42. The van der Waals surface area contributed by atoms with Crippen LogP contribution >= 0.6 is 23.2 Å². The summed E-state index contributed by atoms with van der Waals surface area (Å²) in [6.45, 7) is 7.24. The number of hydrogen-bond acceptors (Lipinski definition) is 3. The fraction of sp³-hybridized carbons (Fsp3) is 0.917. The maximum Gasteiger partial charge on any atom is 0.407 e. The fourth-order valence-corrected chi connectivity index (χ4v) is 2.67. The normalized spacial score (nSPS) is 21.3. The van der Waals surface area contributed by atoms with Gasteiger partial charge in [-0.3, -0.25) is 4.90 Å². The molecule has 1 saturated heterocycles. The number of nitrogens with one attached hydrogen (secondary N) is 1. The van der Waals surface area contributed by atoms with Crippen LogP contribution in [0.2, 0.25) is 0 Å². The zero-order chi connectivity index (χ0) is 13.8. The largest absolute Gasteiger partial charge is 0.444 e. The van der Waals surface area contributed by atoms with Crippen LogP contribution in [-0.2, 0) is 4.74 Å². The molecule has 1 fully saturated rings. The Bertz CT molecular complexity index is 278. The van der Waals surface area contributed by atoms with Gasteiger partial charge in [0, 0.05) is 36.9 Å². The summed E-state index contributed by atoms with van der Waals surface area (Å²) in [4.78, 5) is 13.8. The molecule has 1 aliphatic heterocycles. The monoisotopic (exact) mass is 296 g/mol. The minimum absolute atomic E-state index is 0.119. The number of alkyl carbamates (subject to hydrolysis) is 1. The van der Waals surface area contributed by atoms with Crippen molar-refractivity contribution in [3.8, 4) is 0 Å². The molecule has 1 aliphatic rings. The van der Waals surface area contributed by atoms with Crippen molar-refractivity contribution in [3.63, 3.8) is 0 Å². The number of hydrogen-bond donors (Lipinski definition) is 1. The first-order chi connectivity index (χ1) is 8.35. The Kier molecular flexibility index (Phi) is 6.02. The summed E-state index contributed by atoms with van der Waals surface area (Å²) in [5.74, 6) is 1.03. The lowest BCUT2D eigenvalue weighted by Gasteiger charge is -2.24. The van der Waals surface area contributed by atoms with E-state index in [1.165, 1.54) is 0 Å². The maximum atomic E-state index is 11.6. The maximum absolute atomic E-state index is 11.6. The highest BCUT2D eigenvalue weighted by Gasteiger charge is 2.29. The van der Waals surface area contributed by atoms with Crippen LogP contribution in [0.1, 0.15) is 27.2 Å². The number of carbonyl (C=O) groups is 1. The minimum atomic E-state index is -0.461. The number of rotatable bonds is 4. The van der Waals surface area contributed by atoms with E-state index in [1.54, 1.807) is 0 Å². The molecule has 0 bridgehead atoms. The summed E-state index contributed by atoms with van der Waals surface area (Å²) in [5, 5.41) is 2.88. The molecule has 0 radical (unpaired) electrons. The number of likely N-dealkylation sites (tertiary alicyclic amines) is 1. The second kappa shape index (κ2) is 6.83. The van der Waals surface area contributed by atoms with Crippen LogP contribution < -0.4 is 5.32 Å². The average molecular weight is 297 g/mol. The quantitative estimate of drug-likeness (QED) is 0.810. The lowest BCUT2D eigenvalue weighted by molar-refractivity contribution is 0.0505. The van der Waals surface area contributed by atoms with Crippen molar-refractivity contribution >= 4 is 29.3 Å². The van der Waals surface area contributed by atoms with Crippen LogP contribution in [0.4, 0.5) is 4.79 Å². The molecule has 0 aliphatic carbocycles. The molecule has 1 rings (SSSR count). The van der Waals surface area contributed by atoms with Gasteiger partial charge in [-0.05, 0) is 27.2 Å². The van der Waals surface area contributed by atoms with E-state index in [9.17, 15) is 4.79 Å². The molecule has 1 heterocycles. The predicted molar refractivity (Wildman–Crippen MR) is 74.6 cm³/mol. The van der Waals surface area contributed by atoms with Gasteiger partial charge in [-0.1, -0.05) is 0 Å². The van der Waals surface area contributed by atoms with Crippen LogP contribution in [0.15, 0.2) is 0 Å². The van der Waals surface area contributed by atoms with Crippen LogP contribution in [-0.4, -0.2) is 53.5 Å². The van der Waals surface area contributed by atoms with Gasteiger partial charge < -0.3 is 10.1 Å². The number of ether oxygens (including phenoxy) is 1. The molecule has 4 nitrogen and oxygen atoms in total. The molecule has 0 saturated carbocycles. The highest BCUT2D eigenvalue weighted by Crippen LogP contribution is 2.15. The molecule has 18 heavy (non-hydrogen) atoms. The molecule has 0 aromatic heterocycles. The zero-order valence-corrected chi connectivity index (χ0v) is 12.7. The van der Waals surface area contributed by atoms with Gasteiger partial charge in [0.15, 0.2) is 0 Å². The van der Waals surface area contributed by atoms with E-state index in [4.69, 9.17) is 27.9 Å². The van der Waals surface area contributed by atoms with E-state index in [-0.39, 0.29) is 18.2 Å². The third-order valence-electron chi connectivity index (χ3n) is 2.81. The predicted octanol–water partition coefficient (Wildman–Crippen LogP) is 2.43. The van der Waals surface area contributed by atoms with Crippen molar-refractivity contribution in [3.05, 3.63) is 0 Å². The second-order valence-electron chi connectivity index (χ2n) is 5.59. The summed E-state index contributed by atoms with van der Waals surface area (Å²) < 4.78 is 5.23.